The zero-order chi connectivity index (χ0) is 8.97. The van der Waals surface area contributed by atoms with Crippen LogP contribution in [0.1, 0.15) is 22.9 Å². The molecule has 0 saturated carbocycles. The fourth-order valence-electron chi connectivity index (χ4n) is 0.891. The average Bonchev–Trinajstić information content (AvgIpc) is 2.52. The number of nitrogens with zero attached hydrogens (tertiary/aromatic N) is 1. The predicted molar refractivity (Wildman–Crippen MR) is 47.4 cm³/mol. The summed E-state index contributed by atoms with van der Waals surface area (Å²) in [5.74, 6) is 0. The third-order valence-electron chi connectivity index (χ3n) is 1.57. The van der Waals surface area contributed by atoms with E-state index in [2.05, 4.69) is 0 Å². The van der Waals surface area contributed by atoms with E-state index in [1.807, 2.05) is 17.5 Å². The van der Waals surface area contributed by atoms with Gasteiger partial charge in [0, 0.05) is 10.9 Å². The van der Waals surface area contributed by atoms with E-state index < -0.39 is 0 Å². The number of rotatable bonds is 3. The minimum absolute atomic E-state index is 0.0456. The van der Waals surface area contributed by atoms with Crippen molar-refractivity contribution in [2.45, 2.75) is 19.1 Å². The van der Waals surface area contributed by atoms with Gasteiger partial charge in [0.2, 0.25) is 0 Å². The third-order valence-corrected chi connectivity index (χ3v) is 2.51. The molecule has 4 heteroatoms. The van der Waals surface area contributed by atoms with Gasteiger partial charge in [0.05, 0.1) is 19.1 Å². The average molecular weight is 182 g/mol. The zero-order valence-electron chi connectivity index (χ0n) is 6.53. The molecule has 0 bridgehead atoms. The van der Waals surface area contributed by atoms with E-state index in [9.17, 15) is 0 Å². The second-order valence-corrected chi connectivity index (χ2v) is 3.47. The molecule has 0 radical (unpaired) electrons. The van der Waals surface area contributed by atoms with Gasteiger partial charge in [0.25, 0.3) is 0 Å². The smallest absolute Gasteiger partial charge is 0.0774 e. The van der Waals surface area contributed by atoms with Gasteiger partial charge in [-0.05, 0) is 17.0 Å². The minimum atomic E-state index is -0.216. The summed E-state index contributed by atoms with van der Waals surface area (Å²) in [6.45, 7) is 0.0456. The van der Waals surface area contributed by atoms with Gasteiger partial charge in [-0.2, -0.15) is 5.26 Å². The normalized spacial score (nSPS) is 12.4. The molecule has 0 aliphatic rings. The molecule has 1 unspecified atom stereocenters. The van der Waals surface area contributed by atoms with Crippen LogP contribution < -0.4 is 5.73 Å². The molecule has 1 atom stereocenters. The van der Waals surface area contributed by atoms with Gasteiger partial charge in [0.15, 0.2) is 0 Å². The highest BCUT2D eigenvalue weighted by Crippen LogP contribution is 2.21. The number of nitrogens with two attached hydrogens (primary N) is 1. The van der Waals surface area contributed by atoms with Gasteiger partial charge in [0.1, 0.15) is 0 Å². The van der Waals surface area contributed by atoms with Gasteiger partial charge < -0.3 is 10.8 Å². The highest BCUT2D eigenvalue weighted by atomic mass is 32.1. The van der Waals surface area contributed by atoms with Crippen LogP contribution in [0.3, 0.4) is 0 Å². The first-order chi connectivity index (χ1) is 5.77. The van der Waals surface area contributed by atoms with Crippen LogP contribution in [0.2, 0.25) is 0 Å². The lowest BCUT2D eigenvalue weighted by atomic mass is 10.1. The van der Waals surface area contributed by atoms with Gasteiger partial charge >= 0.3 is 0 Å². The molecule has 0 aromatic carbocycles. The van der Waals surface area contributed by atoms with Crippen LogP contribution in [0.4, 0.5) is 0 Å². The molecule has 3 N–H and O–H groups in total. The Balaban J connectivity index is 2.69. The highest BCUT2D eigenvalue weighted by Gasteiger charge is 2.07. The highest BCUT2D eigenvalue weighted by molar-refractivity contribution is 7.10. The van der Waals surface area contributed by atoms with Crippen LogP contribution in [-0.2, 0) is 6.61 Å². The molecule has 0 fully saturated rings. The Morgan fingerprint density at radius 2 is 2.50 bits per heavy atom. The summed E-state index contributed by atoms with van der Waals surface area (Å²) in [7, 11) is 0. The maximum absolute atomic E-state index is 8.77. The molecule has 64 valence electrons. The van der Waals surface area contributed by atoms with Crippen LogP contribution in [0.5, 0.6) is 0 Å². The van der Waals surface area contributed by atoms with Gasteiger partial charge in [-0.1, -0.05) is 0 Å². The molecule has 0 aliphatic heterocycles. The van der Waals surface area contributed by atoms with E-state index in [4.69, 9.17) is 16.1 Å². The second kappa shape index (κ2) is 4.21. The van der Waals surface area contributed by atoms with Crippen molar-refractivity contribution in [3.05, 3.63) is 21.9 Å². The standard InChI is InChI=1S/C8H10N2OS/c9-2-1-8(10)6-3-7(4-11)12-5-6/h3,5,8,11H,1,4,10H2. The van der Waals surface area contributed by atoms with E-state index in [1.165, 1.54) is 11.3 Å². The number of hydrogen-bond acceptors (Lipinski definition) is 4. The quantitative estimate of drug-likeness (QED) is 0.736. The summed E-state index contributed by atoms with van der Waals surface area (Å²) in [6.07, 6.45) is 0.321. The monoisotopic (exact) mass is 182 g/mol. The van der Waals surface area contributed by atoms with Crippen LogP contribution in [0.15, 0.2) is 11.4 Å². The van der Waals surface area contributed by atoms with Crippen molar-refractivity contribution in [3.8, 4) is 6.07 Å². The van der Waals surface area contributed by atoms with Crippen LogP contribution >= 0.6 is 11.3 Å². The summed E-state index contributed by atoms with van der Waals surface area (Å²) in [4.78, 5) is 0.887. The molecule has 1 rings (SSSR count). The van der Waals surface area contributed by atoms with Gasteiger partial charge in [-0.15, -0.1) is 11.3 Å². The fourth-order valence-corrected chi connectivity index (χ4v) is 1.70. The predicted octanol–water partition coefficient (Wildman–Crippen LogP) is 1.15. The Morgan fingerprint density at radius 1 is 1.75 bits per heavy atom. The molecular weight excluding hydrogens is 172 g/mol. The van der Waals surface area contributed by atoms with Crippen LogP contribution in [-0.4, -0.2) is 5.11 Å². The second-order valence-electron chi connectivity index (χ2n) is 2.47. The Bertz CT molecular complexity index is 289. The van der Waals surface area contributed by atoms with Crippen molar-refractivity contribution in [2.24, 2.45) is 5.73 Å². The van der Waals surface area contributed by atoms with Crippen molar-refractivity contribution >= 4 is 11.3 Å². The molecule has 1 aromatic rings. The fraction of sp³-hybridized carbons (Fsp3) is 0.375. The molecule has 12 heavy (non-hydrogen) atoms. The summed E-state index contributed by atoms with van der Waals surface area (Å²) in [5.41, 5.74) is 6.61. The first-order valence-corrected chi connectivity index (χ1v) is 4.46. The van der Waals surface area contributed by atoms with Crippen LogP contribution in [0, 0.1) is 11.3 Å². The molecular formula is C8H10N2OS. The number of thiophene rings is 1. The van der Waals surface area contributed by atoms with Crippen molar-refractivity contribution in [2.75, 3.05) is 0 Å². The van der Waals surface area contributed by atoms with Crippen molar-refractivity contribution < 1.29 is 5.11 Å². The number of aliphatic hydroxyl groups excluding tert-OH is 1. The summed E-state index contributed by atoms with van der Waals surface area (Å²) >= 11 is 1.46. The minimum Gasteiger partial charge on any atom is -0.391 e. The lowest BCUT2D eigenvalue weighted by Crippen LogP contribution is -2.07. The van der Waals surface area contributed by atoms with Crippen molar-refractivity contribution in [1.82, 2.24) is 0 Å². The lowest BCUT2D eigenvalue weighted by molar-refractivity contribution is 0.285. The number of hydrogen-bond donors (Lipinski definition) is 2. The Kier molecular flexibility index (Phi) is 3.23. The third kappa shape index (κ3) is 2.05. The summed E-state index contributed by atoms with van der Waals surface area (Å²) in [6, 6.07) is 3.63. The Labute approximate surface area is 75.1 Å². The van der Waals surface area contributed by atoms with E-state index in [0.717, 1.165) is 10.4 Å². The van der Waals surface area contributed by atoms with Crippen molar-refractivity contribution in [3.63, 3.8) is 0 Å². The number of nitriles is 1. The lowest BCUT2D eigenvalue weighted by Gasteiger charge is -2.02. The Hall–Kier alpha value is -0.890. The van der Waals surface area contributed by atoms with E-state index in [-0.39, 0.29) is 12.6 Å². The first-order valence-electron chi connectivity index (χ1n) is 3.58. The maximum atomic E-state index is 8.77. The van der Waals surface area contributed by atoms with Gasteiger partial charge in [-0.25, -0.2) is 0 Å². The van der Waals surface area contributed by atoms with Crippen molar-refractivity contribution in [1.29, 1.82) is 5.26 Å². The zero-order valence-corrected chi connectivity index (χ0v) is 7.34. The topological polar surface area (TPSA) is 70.0 Å². The first kappa shape index (κ1) is 9.20. The molecule has 3 nitrogen and oxygen atoms in total. The maximum Gasteiger partial charge on any atom is 0.0774 e. The van der Waals surface area contributed by atoms with E-state index in [1.54, 1.807) is 0 Å². The number of aliphatic hydroxyl groups is 1. The van der Waals surface area contributed by atoms with E-state index in [0.29, 0.717) is 6.42 Å². The molecule has 1 aromatic heterocycles. The largest absolute Gasteiger partial charge is 0.391 e. The molecule has 0 spiro atoms. The van der Waals surface area contributed by atoms with E-state index >= 15 is 0 Å². The molecule has 0 aliphatic carbocycles. The summed E-state index contributed by atoms with van der Waals surface area (Å²) < 4.78 is 0. The van der Waals surface area contributed by atoms with Crippen LogP contribution in [0.25, 0.3) is 0 Å². The summed E-state index contributed by atoms with van der Waals surface area (Å²) in [5, 5.41) is 19.0. The van der Waals surface area contributed by atoms with Gasteiger partial charge in [-0.3, -0.25) is 0 Å². The molecule has 0 amide bonds. The SMILES string of the molecule is N#CCC(N)c1csc(CO)c1. The Morgan fingerprint density at radius 3 is 3.00 bits per heavy atom. The molecule has 1 heterocycles. The molecule has 0 saturated heterocycles.